The van der Waals surface area contributed by atoms with E-state index >= 15 is 0 Å². The van der Waals surface area contributed by atoms with E-state index in [-0.39, 0.29) is 16.5 Å². The minimum absolute atomic E-state index is 0.0307. The van der Waals surface area contributed by atoms with E-state index in [1.165, 1.54) is 0 Å². The maximum Gasteiger partial charge on any atom is 0.416 e. The van der Waals surface area contributed by atoms with Gasteiger partial charge in [-0.15, -0.1) is 0 Å². The Morgan fingerprint density at radius 3 is 2.34 bits per heavy atom. The van der Waals surface area contributed by atoms with Crippen LogP contribution in [0.1, 0.15) is 53.1 Å². The van der Waals surface area contributed by atoms with E-state index in [2.05, 4.69) is 5.32 Å². The van der Waals surface area contributed by atoms with Crippen LogP contribution < -0.4 is 11.1 Å². The summed E-state index contributed by atoms with van der Waals surface area (Å²) in [4.78, 5) is 11.6. The maximum absolute atomic E-state index is 13.3. The van der Waals surface area contributed by atoms with E-state index in [4.69, 9.17) is 28.9 Å². The van der Waals surface area contributed by atoms with E-state index in [0.717, 1.165) is 37.2 Å². The van der Waals surface area contributed by atoms with Crippen LogP contribution in [-0.2, 0) is 6.18 Å². The van der Waals surface area contributed by atoms with Crippen molar-refractivity contribution in [3.05, 3.63) is 63.1 Å². The molecular weight excluding hydrogens is 424 g/mol. The van der Waals surface area contributed by atoms with Crippen LogP contribution in [0.25, 0.3) is 0 Å². The number of nitrogens with one attached hydrogen (secondary N) is 1. The van der Waals surface area contributed by atoms with Crippen LogP contribution in [0.5, 0.6) is 0 Å². The Balaban J connectivity index is 1.71. The molecule has 1 fully saturated rings. The summed E-state index contributed by atoms with van der Waals surface area (Å²) in [7, 11) is 0. The molecule has 0 unspecified atom stereocenters. The van der Waals surface area contributed by atoms with Gasteiger partial charge in [-0.1, -0.05) is 35.3 Å². The molecule has 156 valence electrons. The molecule has 29 heavy (non-hydrogen) atoms. The van der Waals surface area contributed by atoms with Crippen LogP contribution >= 0.6 is 23.2 Å². The number of carbonyl (C=O) groups excluding carboxylic acids is 1. The van der Waals surface area contributed by atoms with E-state index in [0.29, 0.717) is 29.3 Å². The SMILES string of the molecule is NC(=O)c1cc(C(F)(F)F)cc(C2CCC(CNc3ccccc3Cl)CC2)c1Cl. The van der Waals surface area contributed by atoms with Crippen molar-refractivity contribution in [2.45, 2.75) is 37.8 Å². The van der Waals surface area contributed by atoms with Gasteiger partial charge in [0.25, 0.3) is 0 Å². The highest BCUT2D eigenvalue weighted by molar-refractivity contribution is 6.34. The molecule has 3 rings (SSSR count). The van der Waals surface area contributed by atoms with Gasteiger partial charge in [-0.2, -0.15) is 13.2 Å². The Hall–Kier alpha value is -1.92. The monoisotopic (exact) mass is 444 g/mol. The zero-order chi connectivity index (χ0) is 21.2. The normalized spacial score (nSPS) is 19.8. The number of nitrogens with two attached hydrogens (primary N) is 1. The first-order valence-electron chi connectivity index (χ1n) is 9.35. The lowest BCUT2D eigenvalue weighted by molar-refractivity contribution is -0.137. The highest BCUT2D eigenvalue weighted by Gasteiger charge is 2.34. The number of anilines is 1. The van der Waals surface area contributed by atoms with E-state index in [1.54, 1.807) is 0 Å². The topological polar surface area (TPSA) is 55.1 Å². The van der Waals surface area contributed by atoms with Gasteiger partial charge < -0.3 is 11.1 Å². The van der Waals surface area contributed by atoms with Crippen molar-refractivity contribution in [2.75, 3.05) is 11.9 Å². The molecule has 8 heteroatoms. The van der Waals surface area contributed by atoms with Crippen molar-refractivity contribution in [2.24, 2.45) is 11.7 Å². The molecule has 1 amide bonds. The van der Waals surface area contributed by atoms with E-state index in [9.17, 15) is 18.0 Å². The van der Waals surface area contributed by atoms with Crippen molar-refractivity contribution in [3.63, 3.8) is 0 Å². The van der Waals surface area contributed by atoms with Gasteiger partial charge in [0.05, 0.1) is 26.9 Å². The molecule has 0 bridgehead atoms. The van der Waals surface area contributed by atoms with Crippen molar-refractivity contribution < 1.29 is 18.0 Å². The lowest BCUT2D eigenvalue weighted by atomic mass is 9.78. The Labute approximate surface area is 177 Å². The van der Waals surface area contributed by atoms with Gasteiger partial charge in [0.15, 0.2) is 0 Å². The number of hydrogen-bond donors (Lipinski definition) is 2. The van der Waals surface area contributed by atoms with Crippen LogP contribution in [0.15, 0.2) is 36.4 Å². The Kier molecular flexibility index (Phi) is 6.64. The van der Waals surface area contributed by atoms with Crippen LogP contribution in [0.2, 0.25) is 10.0 Å². The third kappa shape index (κ3) is 5.17. The number of halogens is 5. The van der Waals surface area contributed by atoms with Crippen molar-refractivity contribution in [1.82, 2.24) is 0 Å². The largest absolute Gasteiger partial charge is 0.416 e. The maximum atomic E-state index is 13.3. The Bertz CT molecular complexity index is 894. The zero-order valence-electron chi connectivity index (χ0n) is 15.5. The number of carbonyl (C=O) groups is 1. The predicted octanol–water partition coefficient (Wildman–Crippen LogP) is 6.50. The third-order valence-electron chi connectivity index (χ3n) is 5.44. The first kappa shape index (κ1) is 21.8. The lowest BCUT2D eigenvalue weighted by Gasteiger charge is -2.30. The third-order valence-corrected chi connectivity index (χ3v) is 6.19. The summed E-state index contributed by atoms with van der Waals surface area (Å²) in [5.74, 6) is -0.720. The summed E-state index contributed by atoms with van der Waals surface area (Å²) in [6, 6.07) is 9.26. The predicted molar refractivity (Wildman–Crippen MR) is 110 cm³/mol. The van der Waals surface area contributed by atoms with Gasteiger partial charge in [0, 0.05) is 6.54 Å². The Morgan fingerprint density at radius 2 is 1.76 bits per heavy atom. The average Bonchev–Trinajstić information content (AvgIpc) is 2.67. The molecule has 0 radical (unpaired) electrons. The molecule has 3 nitrogen and oxygen atoms in total. The number of hydrogen-bond acceptors (Lipinski definition) is 2. The smallest absolute Gasteiger partial charge is 0.384 e. The summed E-state index contributed by atoms with van der Waals surface area (Å²) < 4.78 is 39.8. The molecule has 0 saturated heterocycles. The van der Waals surface area contributed by atoms with Crippen LogP contribution in [-0.4, -0.2) is 12.5 Å². The number of alkyl halides is 3. The minimum atomic E-state index is -4.57. The fourth-order valence-corrected chi connectivity index (χ4v) is 4.38. The standard InChI is InChI=1S/C21H21Cl2F3N2O/c22-17-3-1-2-4-18(17)28-11-12-5-7-13(8-6-12)15-9-14(21(24,25)26)10-16(19(15)23)20(27)29/h1-4,9-10,12-13,28H,5-8,11H2,(H2,27,29). The second-order valence-electron chi connectivity index (χ2n) is 7.37. The molecule has 1 aliphatic carbocycles. The number of primary amides is 1. The van der Waals surface area contributed by atoms with Crippen molar-refractivity contribution in [1.29, 1.82) is 0 Å². The Morgan fingerprint density at radius 1 is 1.10 bits per heavy atom. The van der Waals surface area contributed by atoms with Gasteiger partial charge in [0.2, 0.25) is 5.91 Å². The second-order valence-corrected chi connectivity index (χ2v) is 8.15. The molecule has 3 N–H and O–H groups in total. The van der Waals surface area contributed by atoms with E-state index in [1.807, 2.05) is 24.3 Å². The molecule has 0 atom stereocenters. The molecule has 1 aliphatic rings. The molecular formula is C21H21Cl2F3N2O. The summed E-state index contributed by atoms with van der Waals surface area (Å²) in [5.41, 5.74) is 5.29. The van der Waals surface area contributed by atoms with Crippen molar-refractivity contribution >= 4 is 34.8 Å². The number of rotatable bonds is 5. The first-order valence-corrected chi connectivity index (χ1v) is 10.1. The van der Waals surface area contributed by atoms with Crippen LogP contribution in [0.3, 0.4) is 0 Å². The van der Waals surface area contributed by atoms with Crippen LogP contribution in [0.4, 0.5) is 18.9 Å². The fraction of sp³-hybridized carbons (Fsp3) is 0.381. The van der Waals surface area contributed by atoms with Gasteiger partial charge in [-0.25, -0.2) is 0 Å². The summed E-state index contributed by atoms with van der Waals surface area (Å²) in [5, 5.41) is 4.01. The highest BCUT2D eigenvalue weighted by Crippen LogP contribution is 2.42. The highest BCUT2D eigenvalue weighted by atomic mass is 35.5. The molecule has 0 aromatic heterocycles. The van der Waals surface area contributed by atoms with Gasteiger partial charge in [-0.3, -0.25) is 4.79 Å². The summed E-state index contributed by atoms with van der Waals surface area (Å²) >= 11 is 12.4. The minimum Gasteiger partial charge on any atom is -0.384 e. The number of para-hydroxylation sites is 1. The summed E-state index contributed by atoms with van der Waals surface area (Å²) in [6.45, 7) is 0.735. The summed E-state index contributed by atoms with van der Waals surface area (Å²) in [6.07, 6.45) is -1.52. The molecule has 0 spiro atoms. The van der Waals surface area contributed by atoms with Gasteiger partial charge in [-0.05, 0) is 67.3 Å². The van der Waals surface area contributed by atoms with Gasteiger partial charge >= 0.3 is 6.18 Å². The molecule has 2 aromatic carbocycles. The molecule has 0 heterocycles. The van der Waals surface area contributed by atoms with Crippen molar-refractivity contribution in [3.8, 4) is 0 Å². The zero-order valence-corrected chi connectivity index (χ0v) is 17.0. The molecule has 2 aromatic rings. The lowest BCUT2D eigenvalue weighted by Crippen LogP contribution is -2.22. The van der Waals surface area contributed by atoms with E-state index < -0.39 is 17.6 Å². The number of amides is 1. The van der Waals surface area contributed by atoms with Gasteiger partial charge in [0.1, 0.15) is 0 Å². The second kappa shape index (κ2) is 8.84. The average molecular weight is 445 g/mol. The number of benzene rings is 2. The first-order chi connectivity index (χ1) is 13.7. The van der Waals surface area contributed by atoms with Crippen LogP contribution in [0, 0.1) is 5.92 Å². The molecule has 1 saturated carbocycles. The molecule has 0 aliphatic heterocycles. The quantitative estimate of drug-likeness (QED) is 0.552. The fourth-order valence-electron chi connectivity index (χ4n) is 3.82.